The zero-order chi connectivity index (χ0) is 20.0. The standard InChI is InChI=1S/C23H28N6/c1-15-12-22-21(28(15)14-17-6-4-3-5-7-17)13-20(23-27-26-16(2)29(22)23)25-19-10-8-18(24)9-11-19/h3-7,12-13,18-19,25H,8-11,14,24H2,1-2H3/t18-,19-. The lowest BCUT2D eigenvalue weighted by Gasteiger charge is -2.27. The summed E-state index contributed by atoms with van der Waals surface area (Å²) in [5, 5.41) is 12.6. The second-order valence-corrected chi connectivity index (χ2v) is 8.35. The Kier molecular flexibility index (Phi) is 4.51. The van der Waals surface area contributed by atoms with Crippen molar-refractivity contribution in [2.24, 2.45) is 5.73 Å². The smallest absolute Gasteiger partial charge is 0.184 e. The van der Waals surface area contributed by atoms with E-state index in [2.05, 4.69) is 73.9 Å². The van der Waals surface area contributed by atoms with E-state index in [-0.39, 0.29) is 0 Å². The van der Waals surface area contributed by atoms with Gasteiger partial charge in [0.25, 0.3) is 0 Å². The fourth-order valence-corrected chi connectivity index (χ4v) is 4.60. The third kappa shape index (κ3) is 3.27. The lowest BCUT2D eigenvalue weighted by Crippen LogP contribution is -2.32. The monoisotopic (exact) mass is 388 g/mol. The molecule has 0 aliphatic heterocycles. The Balaban J connectivity index is 1.61. The maximum Gasteiger partial charge on any atom is 0.184 e. The topological polar surface area (TPSA) is 73.2 Å². The molecule has 6 nitrogen and oxygen atoms in total. The average molecular weight is 389 g/mol. The van der Waals surface area contributed by atoms with Crippen molar-refractivity contribution in [2.75, 3.05) is 5.32 Å². The van der Waals surface area contributed by atoms with Crippen molar-refractivity contribution in [1.82, 2.24) is 19.2 Å². The van der Waals surface area contributed by atoms with Gasteiger partial charge in [0.2, 0.25) is 0 Å². The highest BCUT2D eigenvalue weighted by molar-refractivity contribution is 5.88. The number of nitrogens with zero attached hydrogens (tertiary/aromatic N) is 4. The van der Waals surface area contributed by atoms with Crippen LogP contribution in [0.1, 0.15) is 42.8 Å². The van der Waals surface area contributed by atoms with Crippen LogP contribution in [0.4, 0.5) is 5.69 Å². The first-order valence-electron chi connectivity index (χ1n) is 10.5. The lowest BCUT2D eigenvalue weighted by molar-refractivity contribution is 0.411. The van der Waals surface area contributed by atoms with E-state index in [0.29, 0.717) is 12.1 Å². The van der Waals surface area contributed by atoms with E-state index >= 15 is 0 Å². The van der Waals surface area contributed by atoms with Gasteiger partial charge in [-0.3, -0.25) is 4.40 Å². The molecule has 0 radical (unpaired) electrons. The molecule has 0 spiro atoms. The molecule has 150 valence electrons. The molecule has 0 amide bonds. The Morgan fingerprint density at radius 2 is 1.76 bits per heavy atom. The summed E-state index contributed by atoms with van der Waals surface area (Å²) in [6.45, 7) is 5.04. The Labute approximate surface area is 170 Å². The van der Waals surface area contributed by atoms with E-state index in [0.717, 1.165) is 54.9 Å². The molecule has 0 unspecified atom stereocenters. The van der Waals surface area contributed by atoms with Gasteiger partial charge in [0, 0.05) is 24.3 Å². The molecule has 6 heteroatoms. The summed E-state index contributed by atoms with van der Waals surface area (Å²) in [7, 11) is 0. The molecule has 0 atom stereocenters. The number of hydrogen-bond acceptors (Lipinski definition) is 4. The zero-order valence-corrected chi connectivity index (χ0v) is 17.1. The number of pyridine rings is 1. The van der Waals surface area contributed by atoms with E-state index in [1.165, 1.54) is 16.8 Å². The Bertz CT molecular complexity index is 1150. The van der Waals surface area contributed by atoms with Crippen LogP contribution in [-0.2, 0) is 6.54 Å². The molecular weight excluding hydrogens is 360 g/mol. The zero-order valence-electron chi connectivity index (χ0n) is 17.1. The number of aromatic nitrogens is 4. The van der Waals surface area contributed by atoms with Crippen molar-refractivity contribution < 1.29 is 0 Å². The van der Waals surface area contributed by atoms with Crippen molar-refractivity contribution in [1.29, 1.82) is 0 Å². The third-order valence-corrected chi connectivity index (χ3v) is 6.23. The van der Waals surface area contributed by atoms with E-state index in [4.69, 9.17) is 5.73 Å². The molecule has 29 heavy (non-hydrogen) atoms. The Hall–Kier alpha value is -2.86. The summed E-state index contributed by atoms with van der Waals surface area (Å²) in [4.78, 5) is 0. The van der Waals surface area contributed by atoms with E-state index < -0.39 is 0 Å². The van der Waals surface area contributed by atoms with Gasteiger partial charge in [-0.25, -0.2) is 0 Å². The summed E-state index contributed by atoms with van der Waals surface area (Å²) in [5.74, 6) is 0.913. The molecule has 3 heterocycles. The highest BCUT2D eigenvalue weighted by Crippen LogP contribution is 2.30. The number of anilines is 1. The van der Waals surface area contributed by atoms with Gasteiger partial charge in [-0.05, 0) is 57.2 Å². The summed E-state index contributed by atoms with van der Waals surface area (Å²) in [5.41, 5.74) is 13.0. The van der Waals surface area contributed by atoms with Gasteiger partial charge in [-0.1, -0.05) is 30.3 Å². The molecule has 0 saturated heterocycles. The van der Waals surface area contributed by atoms with Gasteiger partial charge >= 0.3 is 0 Å². The molecule has 0 bridgehead atoms. The van der Waals surface area contributed by atoms with Crippen LogP contribution in [0, 0.1) is 13.8 Å². The number of hydrogen-bond donors (Lipinski definition) is 2. The Morgan fingerprint density at radius 3 is 2.52 bits per heavy atom. The SMILES string of the molecule is Cc1cc2c(cc(N[C@H]3CC[C@H](N)CC3)c3nnc(C)n32)n1Cc1ccccc1. The number of nitrogens with one attached hydrogen (secondary N) is 1. The first kappa shape index (κ1) is 18.2. The van der Waals surface area contributed by atoms with Gasteiger partial charge in [-0.2, -0.15) is 0 Å². The molecule has 3 N–H and O–H groups in total. The van der Waals surface area contributed by atoms with E-state index in [1.807, 2.05) is 6.92 Å². The van der Waals surface area contributed by atoms with Crippen LogP contribution in [0.3, 0.4) is 0 Å². The number of nitrogens with two attached hydrogens (primary N) is 1. The van der Waals surface area contributed by atoms with Crippen molar-refractivity contribution >= 4 is 22.4 Å². The van der Waals surface area contributed by atoms with E-state index in [1.54, 1.807) is 0 Å². The molecule has 1 aliphatic carbocycles. The molecular formula is C23H28N6. The summed E-state index contributed by atoms with van der Waals surface area (Å²) < 4.78 is 4.56. The van der Waals surface area contributed by atoms with E-state index in [9.17, 15) is 0 Å². The average Bonchev–Trinajstić information content (AvgIpc) is 3.25. The fraction of sp³-hybridized carbons (Fsp3) is 0.391. The lowest BCUT2D eigenvalue weighted by atomic mass is 9.92. The van der Waals surface area contributed by atoms with Crippen LogP contribution in [-0.4, -0.2) is 31.2 Å². The predicted octanol–water partition coefficient (Wildman–Crippen LogP) is 4.03. The van der Waals surface area contributed by atoms with Gasteiger partial charge in [0.1, 0.15) is 5.82 Å². The first-order chi connectivity index (χ1) is 14.1. The van der Waals surface area contributed by atoms with Crippen LogP contribution >= 0.6 is 0 Å². The van der Waals surface area contributed by atoms with Crippen molar-refractivity contribution in [2.45, 2.75) is 58.2 Å². The van der Waals surface area contributed by atoms with Crippen LogP contribution in [0.2, 0.25) is 0 Å². The predicted molar refractivity (Wildman–Crippen MR) is 117 cm³/mol. The van der Waals surface area contributed by atoms with Crippen LogP contribution in [0.25, 0.3) is 16.7 Å². The largest absolute Gasteiger partial charge is 0.379 e. The quantitative estimate of drug-likeness (QED) is 0.554. The maximum absolute atomic E-state index is 6.10. The van der Waals surface area contributed by atoms with Gasteiger partial charge in [-0.15, -0.1) is 10.2 Å². The normalized spacial score (nSPS) is 19.8. The second-order valence-electron chi connectivity index (χ2n) is 8.35. The van der Waals surface area contributed by atoms with Gasteiger partial charge < -0.3 is 15.6 Å². The molecule has 1 aromatic carbocycles. The van der Waals surface area contributed by atoms with Crippen LogP contribution in [0.5, 0.6) is 0 Å². The van der Waals surface area contributed by atoms with Gasteiger partial charge in [0.05, 0.1) is 16.7 Å². The highest BCUT2D eigenvalue weighted by Gasteiger charge is 2.21. The van der Waals surface area contributed by atoms with Gasteiger partial charge in [0.15, 0.2) is 5.65 Å². The molecule has 5 rings (SSSR count). The molecule has 1 saturated carbocycles. The first-order valence-corrected chi connectivity index (χ1v) is 10.5. The summed E-state index contributed by atoms with van der Waals surface area (Å²) in [6, 6.07) is 15.9. The number of aryl methyl sites for hydroxylation is 2. The third-order valence-electron chi connectivity index (χ3n) is 6.23. The number of fused-ring (bicyclic) bond motifs is 3. The second kappa shape index (κ2) is 7.19. The number of rotatable bonds is 4. The highest BCUT2D eigenvalue weighted by atomic mass is 15.3. The minimum Gasteiger partial charge on any atom is -0.379 e. The van der Waals surface area contributed by atoms with Crippen molar-refractivity contribution in [3.63, 3.8) is 0 Å². The Morgan fingerprint density at radius 1 is 1.00 bits per heavy atom. The molecule has 3 aromatic heterocycles. The molecule has 1 aliphatic rings. The minimum absolute atomic E-state index is 0.344. The molecule has 1 fully saturated rings. The maximum atomic E-state index is 6.10. The number of benzene rings is 1. The van der Waals surface area contributed by atoms with Crippen LogP contribution < -0.4 is 11.1 Å². The fourth-order valence-electron chi connectivity index (χ4n) is 4.60. The summed E-state index contributed by atoms with van der Waals surface area (Å²) in [6.07, 6.45) is 4.35. The minimum atomic E-state index is 0.344. The van der Waals surface area contributed by atoms with Crippen molar-refractivity contribution in [3.05, 3.63) is 59.5 Å². The summed E-state index contributed by atoms with van der Waals surface area (Å²) >= 11 is 0. The van der Waals surface area contributed by atoms with Crippen molar-refractivity contribution in [3.8, 4) is 0 Å². The van der Waals surface area contributed by atoms with Crippen LogP contribution in [0.15, 0.2) is 42.5 Å². The molecule has 4 aromatic rings.